The van der Waals surface area contributed by atoms with Crippen LogP contribution in [0.3, 0.4) is 0 Å². The third kappa shape index (κ3) is 2.80. The van der Waals surface area contributed by atoms with Gasteiger partial charge in [-0.25, -0.2) is 0 Å². The highest BCUT2D eigenvalue weighted by atomic mass is 16.5. The van der Waals surface area contributed by atoms with Crippen molar-refractivity contribution in [2.24, 2.45) is 5.18 Å². The molecule has 0 N–H and O–H groups in total. The Morgan fingerprint density at radius 2 is 1.74 bits per heavy atom. The number of benzene rings is 2. The Bertz CT molecular complexity index is 713. The van der Waals surface area contributed by atoms with Gasteiger partial charge in [-0.2, -0.15) is 0 Å². The summed E-state index contributed by atoms with van der Waals surface area (Å²) < 4.78 is 10.9. The second-order valence-electron chi connectivity index (χ2n) is 5.72. The Balaban J connectivity index is 2.09. The molecule has 0 saturated heterocycles. The highest BCUT2D eigenvalue weighted by Gasteiger charge is 2.28. The first-order chi connectivity index (χ1) is 11.2. The second-order valence-corrected chi connectivity index (χ2v) is 5.72. The van der Waals surface area contributed by atoms with Crippen molar-refractivity contribution in [1.29, 1.82) is 0 Å². The van der Waals surface area contributed by atoms with Crippen molar-refractivity contribution in [1.82, 2.24) is 4.90 Å². The fourth-order valence-electron chi connectivity index (χ4n) is 3.22. The van der Waals surface area contributed by atoms with Crippen LogP contribution in [-0.2, 0) is 6.42 Å². The molecule has 5 heteroatoms. The summed E-state index contributed by atoms with van der Waals surface area (Å²) >= 11 is 0. The molecule has 120 valence electrons. The summed E-state index contributed by atoms with van der Waals surface area (Å²) in [5.74, 6) is 1.49. The predicted octanol–water partition coefficient (Wildman–Crippen LogP) is 3.68. The van der Waals surface area contributed by atoms with Gasteiger partial charge in [-0.3, -0.25) is 4.90 Å². The van der Waals surface area contributed by atoms with E-state index in [0.717, 1.165) is 30.0 Å². The third-order valence-electron chi connectivity index (χ3n) is 4.43. The summed E-state index contributed by atoms with van der Waals surface area (Å²) in [5.41, 5.74) is 4.05. The molecule has 0 aromatic heterocycles. The van der Waals surface area contributed by atoms with Crippen LogP contribution < -0.4 is 9.47 Å². The molecule has 0 radical (unpaired) electrons. The SMILES string of the molecule is COc1cc2c(cc1OC)C(c1ccc(N=O)cc1)N(C)CC2. The molecule has 0 amide bonds. The molecular formula is C18H20N2O3. The molecule has 0 fully saturated rings. The minimum atomic E-state index is 0.124. The maximum absolute atomic E-state index is 10.6. The van der Waals surface area contributed by atoms with Crippen LogP contribution in [0.5, 0.6) is 11.5 Å². The Kier molecular flexibility index (Phi) is 4.30. The standard InChI is InChI=1S/C18H20N2O3/c1-20-9-8-13-10-16(22-2)17(23-3)11-15(13)18(20)12-4-6-14(19-21)7-5-12/h4-7,10-11,18H,8-9H2,1-3H3. The second kappa shape index (κ2) is 6.38. The van der Waals surface area contributed by atoms with E-state index in [1.165, 1.54) is 11.1 Å². The minimum absolute atomic E-state index is 0.124. The fraction of sp³-hybridized carbons (Fsp3) is 0.333. The van der Waals surface area contributed by atoms with Crippen molar-refractivity contribution in [2.45, 2.75) is 12.5 Å². The van der Waals surface area contributed by atoms with Crippen LogP contribution in [0.15, 0.2) is 41.6 Å². The molecule has 0 aliphatic carbocycles. The molecule has 2 aromatic carbocycles. The van der Waals surface area contributed by atoms with E-state index >= 15 is 0 Å². The minimum Gasteiger partial charge on any atom is -0.493 e. The highest BCUT2D eigenvalue weighted by Crippen LogP contribution is 2.40. The van der Waals surface area contributed by atoms with Gasteiger partial charge in [-0.05, 0) is 59.6 Å². The first-order valence-electron chi connectivity index (χ1n) is 7.56. The van der Waals surface area contributed by atoms with Crippen molar-refractivity contribution in [3.63, 3.8) is 0 Å². The number of nitrogens with zero attached hydrogens (tertiary/aromatic N) is 2. The lowest BCUT2D eigenvalue weighted by Gasteiger charge is -2.35. The zero-order valence-electron chi connectivity index (χ0n) is 13.6. The molecule has 5 nitrogen and oxygen atoms in total. The lowest BCUT2D eigenvalue weighted by molar-refractivity contribution is 0.262. The van der Waals surface area contributed by atoms with Gasteiger partial charge in [-0.1, -0.05) is 12.1 Å². The molecule has 1 aliphatic rings. The lowest BCUT2D eigenvalue weighted by atomic mass is 9.88. The van der Waals surface area contributed by atoms with Crippen LogP contribution in [0.2, 0.25) is 0 Å². The number of nitroso groups, excluding NO2 is 1. The summed E-state index contributed by atoms with van der Waals surface area (Å²) in [6.45, 7) is 0.959. The van der Waals surface area contributed by atoms with E-state index in [1.807, 2.05) is 12.1 Å². The summed E-state index contributed by atoms with van der Waals surface area (Å²) in [6, 6.07) is 11.7. The number of hydrogen-bond donors (Lipinski definition) is 0. The van der Waals surface area contributed by atoms with Gasteiger partial charge in [0.2, 0.25) is 0 Å². The van der Waals surface area contributed by atoms with Crippen LogP contribution in [-0.4, -0.2) is 32.7 Å². The Hall–Kier alpha value is -2.40. The number of methoxy groups -OCH3 is 2. The van der Waals surface area contributed by atoms with Crippen molar-refractivity contribution in [2.75, 3.05) is 27.8 Å². The van der Waals surface area contributed by atoms with Crippen molar-refractivity contribution < 1.29 is 9.47 Å². The largest absolute Gasteiger partial charge is 0.493 e. The maximum Gasteiger partial charge on any atom is 0.161 e. The molecule has 3 rings (SSSR count). The molecule has 1 aliphatic heterocycles. The van der Waals surface area contributed by atoms with E-state index in [1.54, 1.807) is 26.4 Å². The first kappa shape index (κ1) is 15.5. The van der Waals surface area contributed by atoms with E-state index in [0.29, 0.717) is 5.69 Å². The number of likely N-dealkylation sites (N-methyl/N-ethyl adjacent to an activating group) is 1. The van der Waals surface area contributed by atoms with E-state index in [9.17, 15) is 4.91 Å². The van der Waals surface area contributed by atoms with Crippen LogP contribution in [0.1, 0.15) is 22.7 Å². The van der Waals surface area contributed by atoms with Gasteiger partial charge in [0.05, 0.1) is 20.3 Å². The van der Waals surface area contributed by atoms with Gasteiger partial charge < -0.3 is 9.47 Å². The van der Waals surface area contributed by atoms with E-state index in [2.05, 4.69) is 29.3 Å². The monoisotopic (exact) mass is 312 g/mol. The van der Waals surface area contributed by atoms with Crippen LogP contribution >= 0.6 is 0 Å². The summed E-state index contributed by atoms with van der Waals surface area (Å²) in [5, 5.41) is 2.97. The average Bonchev–Trinajstić information content (AvgIpc) is 2.60. The van der Waals surface area contributed by atoms with Crippen molar-refractivity contribution in [3.8, 4) is 11.5 Å². The van der Waals surface area contributed by atoms with E-state index in [-0.39, 0.29) is 6.04 Å². The number of hydrogen-bond acceptors (Lipinski definition) is 5. The molecule has 2 aromatic rings. The Morgan fingerprint density at radius 1 is 1.09 bits per heavy atom. The molecule has 0 spiro atoms. The predicted molar refractivity (Wildman–Crippen MR) is 89.6 cm³/mol. The number of fused-ring (bicyclic) bond motifs is 1. The van der Waals surface area contributed by atoms with Gasteiger partial charge in [0.15, 0.2) is 11.5 Å². The molecule has 1 unspecified atom stereocenters. The maximum atomic E-state index is 10.6. The van der Waals surface area contributed by atoms with Gasteiger partial charge in [-0.15, -0.1) is 4.91 Å². The summed E-state index contributed by atoms with van der Waals surface area (Å²) in [7, 11) is 5.41. The average molecular weight is 312 g/mol. The third-order valence-corrected chi connectivity index (χ3v) is 4.43. The summed E-state index contributed by atoms with van der Waals surface area (Å²) in [6.07, 6.45) is 0.969. The number of rotatable bonds is 4. The van der Waals surface area contributed by atoms with E-state index < -0.39 is 0 Å². The summed E-state index contributed by atoms with van der Waals surface area (Å²) in [4.78, 5) is 12.9. The molecule has 1 atom stereocenters. The number of ether oxygens (including phenoxy) is 2. The first-order valence-corrected chi connectivity index (χ1v) is 7.56. The van der Waals surface area contributed by atoms with Crippen LogP contribution in [0.4, 0.5) is 5.69 Å². The topological polar surface area (TPSA) is 51.1 Å². The highest BCUT2D eigenvalue weighted by molar-refractivity contribution is 5.52. The Labute approximate surface area is 135 Å². The zero-order valence-corrected chi connectivity index (χ0v) is 13.6. The smallest absolute Gasteiger partial charge is 0.161 e. The molecular weight excluding hydrogens is 292 g/mol. The normalized spacial score (nSPS) is 17.4. The van der Waals surface area contributed by atoms with Gasteiger partial charge >= 0.3 is 0 Å². The van der Waals surface area contributed by atoms with E-state index in [4.69, 9.17) is 9.47 Å². The lowest BCUT2D eigenvalue weighted by Crippen LogP contribution is -2.32. The fourth-order valence-corrected chi connectivity index (χ4v) is 3.22. The van der Waals surface area contributed by atoms with Crippen molar-refractivity contribution in [3.05, 3.63) is 58.0 Å². The Morgan fingerprint density at radius 3 is 2.35 bits per heavy atom. The van der Waals surface area contributed by atoms with Gasteiger partial charge in [0.25, 0.3) is 0 Å². The quantitative estimate of drug-likeness (QED) is 0.808. The molecule has 0 saturated carbocycles. The van der Waals surface area contributed by atoms with Crippen molar-refractivity contribution >= 4 is 5.69 Å². The zero-order chi connectivity index (χ0) is 16.4. The van der Waals surface area contributed by atoms with Crippen LogP contribution in [0.25, 0.3) is 0 Å². The van der Waals surface area contributed by atoms with Gasteiger partial charge in [0, 0.05) is 6.54 Å². The molecule has 1 heterocycles. The van der Waals surface area contributed by atoms with Gasteiger partial charge in [0.1, 0.15) is 5.69 Å². The molecule has 0 bridgehead atoms. The van der Waals surface area contributed by atoms with Crippen LogP contribution in [0, 0.1) is 4.91 Å². The molecule has 23 heavy (non-hydrogen) atoms.